The van der Waals surface area contributed by atoms with Crippen LogP contribution in [0.5, 0.6) is 0 Å². The first-order valence-electron chi connectivity index (χ1n) is 8.60. The van der Waals surface area contributed by atoms with Crippen molar-refractivity contribution in [1.82, 2.24) is 9.55 Å². The van der Waals surface area contributed by atoms with Crippen LogP contribution in [-0.2, 0) is 6.54 Å². The number of hydrogen-bond donors (Lipinski definition) is 2. The second-order valence-corrected chi connectivity index (χ2v) is 5.96. The Hall–Kier alpha value is -2.90. The predicted molar refractivity (Wildman–Crippen MR) is 99.0 cm³/mol. The number of H-pyrrole nitrogens is 1. The minimum atomic E-state index is -0.716. The zero-order valence-electron chi connectivity index (χ0n) is 14.9. The molecular formula is C18H23FN4O3. The van der Waals surface area contributed by atoms with Gasteiger partial charge in [0, 0.05) is 18.7 Å². The lowest BCUT2D eigenvalue weighted by Crippen LogP contribution is -2.41. The zero-order chi connectivity index (χ0) is 19.3. The van der Waals surface area contributed by atoms with Crippen molar-refractivity contribution in [3.63, 3.8) is 0 Å². The summed E-state index contributed by atoms with van der Waals surface area (Å²) in [4.78, 5) is 40.8. The molecule has 1 aromatic heterocycles. The average molecular weight is 362 g/mol. The SMILES string of the molecule is CCCCN(C(=O)c1ccc(F)cc1)c1c(N)n(CCC)c(=O)[nH]c1=O. The summed E-state index contributed by atoms with van der Waals surface area (Å²) in [5.74, 6) is -0.986. The van der Waals surface area contributed by atoms with Crippen LogP contribution in [0.3, 0.4) is 0 Å². The summed E-state index contributed by atoms with van der Waals surface area (Å²) in [5, 5.41) is 0. The molecule has 26 heavy (non-hydrogen) atoms. The lowest BCUT2D eigenvalue weighted by atomic mass is 10.1. The Morgan fingerprint density at radius 2 is 1.85 bits per heavy atom. The van der Waals surface area contributed by atoms with Crippen LogP contribution in [0.25, 0.3) is 0 Å². The summed E-state index contributed by atoms with van der Waals surface area (Å²) < 4.78 is 14.4. The third-order valence-corrected chi connectivity index (χ3v) is 4.00. The Morgan fingerprint density at radius 1 is 1.19 bits per heavy atom. The first kappa shape index (κ1) is 19.4. The van der Waals surface area contributed by atoms with Crippen LogP contribution in [0.15, 0.2) is 33.9 Å². The molecule has 2 rings (SSSR count). The fourth-order valence-electron chi connectivity index (χ4n) is 2.66. The number of aromatic nitrogens is 2. The number of rotatable bonds is 7. The minimum Gasteiger partial charge on any atom is -0.383 e. The maximum Gasteiger partial charge on any atom is 0.330 e. The van der Waals surface area contributed by atoms with Gasteiger partial charge in [0.1, 0.15) is 11.6 Å². The van der Waals surface area contributed by atoms with Crippen molar-refractivity contribution in [3.05, 3.63) is 56.5 Å². The summed E-state index contributed by atoms with van der Waals surface area (Å²) in [6, 6.07) is 5.06. The van der Waals surface area contributed by atoms with E-state index < -0.39 is 23.0 Å². The fraction of sp³-hybridized carbons (Fsp3) is 0.389. The van der Waals surface area contributed by atoms with Gasteiger partial charge in [0.05, 0.1) is 0 Å². The Kier molecular flexibility index (Phi) is 6.32. The monoisotopic (exact) mass is 362 g/mol. The summed E-state index contributed by atoms with van der Waals surface area (Å²) in [6.45, 7) is 4.40. The quantitative estimate of drug-likeness (QED) is 0.788. The number of benzene rings is 1. The van der Waals surface area contributed by atoms with Crippen molar-refractivity contribution in [3.8, 4) is 0 Å². The highest BCUT2D eigenvalue weighted by molar-refractivity contribution is 6.07. The number of carbonyl (C=O) groups excluding carboxylic acids is 1. The van der Waals surface area contributed by atoms with E-state index >= 15 is 0 Å². The van der Waals surface area contributed by atoms with Crippen molar-refractivity contribution < 1.29 is 9.18 Å². The van der Waals surface area contributed by atoms with Gasteiger partial charge in [-0.25, -0.2) is 9.18 Å². The standard InChI is InChI=1S/C18H23FN4O3/c1-3-5-11-22(17(25)12-6-8-13(19)9-7-12)14-15(20)23(10-4-2)18(26)21-16(14)24/h6-9H,3-5,10-11,20H2,1-2H3,(H,21,24,26). The number of carbonyl (C=O) groups is 1. The number of aromatic amines is 1. The third-order valence-electron chi connectivity index (χ3n) is 4.00. The molecule has 0 fully saturated rings. The van der Waals surface area contributed by atoms with Gasteiger partial charge in [0.15, 0.2) is 5.69 Å². The predicted octanol–water partition coefficient (Wildman–Crippen LogP) is 2.11. The number of nitrogen functional groups attached to an aromatic ring is 1. The van der Waals surface area contributed by atoms with Gasteiger partial charge >= 0.3 is 5.69 Å². The van der Waals surface area contributed by atoms with Gasteiger partial charge < -0.3 is 10.6 Å². The molecule has 0 aliphatic heterocycles. The summed E-state index contributed by atoms with van der Waals surface area (Å²) in [6.07, 6.45) is 2.06. The molecular weight excluding hydrogens is 339 g/mol. The number of nitrogens with zero attached hydrogens (tertiary/aromatic N) is 2. The molecule has 0 spiro atoms. The van der Waals surface area contributed by atoms with Gasteiger partial charge in [-0.15, -0.1) is 0 Å². The molecule has 1 aromatic carbocycles. The van der Waals surface area contributed by atoms with Crippen LogP contribution in [0.2, 0.25) is 0 Å². The number of halogens is 1. The van der Waals surface area contributed by atoms with E-state index in [0.29, 0.717) is 19.4 Å². The van der Waals surface area contributed by atoms with E-state index in [-0.39, 0.29) is 23.6 Å². The van der Waals surface area contributed by atoms with Crippen molar-refractivity contribution in [2.24, 2.45) is 0 Å². The first-order chi connectivity index (χ1) is 12.4. The molecule has 0 atom stereocenters. The van der Waals surface area contributed by atoms with Crippen LogP contribution >= 0.6 is 0 Å². The third kappa shape index (κ3) is 4.01. The van der Waals surface area contributed by atoms with Gasteiger partial charge in [-0.1, -0.05) is 20.3 Å². The number of nitrogens with one attached hydrogen (secondary N) is 1. The van der Waals surface area contributed by atoms with E-state index in [1.54, 1.807) is 0 Å². The van der Waals surface area contributed by atoms with Gasteiger partial charge in [0.2, 0.25) is 0 Å². The fourth-order valence-corrected chi connectivity index (χ4v) is 2.66. The van der Waals surface area contributed by atoms with Crippen LogP contribution in [0.4, 0.5) is 15.9 Å². The van der Waals surface area contributed by atoms with Gasteiger partial charge in [0.25, 0.3) is 11.5 Å². The number of unbranched alkanes of at least 4 members (excludes halogenated alkanes) is 1. The van der Waals surface area contributed by atoms with Crippen LogP contribution in [-0.4, -0.2) is 22.0 Å². The zero-order valence-corrected chi connectivity index (χ0v) is 14.9. The Morgan fingerprint density at radius 3 is 2.42 bits per heavy atom. The van der Waals surface area contributed by atoms with Crippen molar-refractivity contribution >= 4 is 17.4 Å². The van der Waals surface area contributed by atoms with E-state index in [1.165, 1.54) is 33.7 Å². The number of nitrogens with two attached hydrogens (primary N) is 1. The lowest BCUT2D eigenvalue weighted by molar-refractivity contribution is 0.0986. The molecule has 1 heterocycles. The van der Waals surface area contributed by atoms with E-state index in [1.807, 2.05) is 13.8 Å². The lowest BCUT2D eigenvalue weighted by Gasteiger charge is -2.24. The van der Waals surface area contributed by atoms with Gasteiger partial charge in [-0.3, -0.25) is 19.1 Å². The molecule has 0 aliphatic carbocycles. The highest BCUT2D eigenvalue weighted by Gasteiger charge is 2.24. The number of amides is 1. The molecule has 140 valence electrons. The highest BCUT2D eigenvalue weighted by Crippen LogP contribution is 2.20. The molecule has 0 unspecified atom stereocenters. The largest absolute Gasteiger partial charge is 0.383 e. The average Bonchev–Trinajstić information content (AvgIpc) is 2.61. The Balaban J connectivity index is 2.58. The Bertz CT molecular complexity index is 887. The normalized spacial score (nSPS) is 10.7. The van der Waals surface area contributed by atoms with Crippen LogP contribution in [0, 0.1) is 5.82 Å². The molecule has 0 saturated carbocycles. The molecule has 7 nitrogen and oxygen atoms in total. The maximum atomic E-state index is 13.1. The molecule has 0 bridgehead atoms. The first-order valence-corrected chi connectivity index (χ1v) is 8.60. The van der Waals surface area contributed by atoms with Gasteiger partial charge in [-0.2, -0.15) is 0 Å². The van der Waals surface area contributed by atoms with E-state index in [0.717, 1.165) is 6.42 Å². The van der Waals surface area contributed by atoms with Crippen molar-refractivity contribution in [1.29, 1.82) is 0 Å². The number of anilines is 2. The second-order valence-electron chi connectivity index (χ2n) is 5.96. The van der Waals surface area contributed by atoms with Gasteiger partial charge in [-0.05, 0) is 37.1 Å². The van der Waals surface area contributed by atoms with E-state index in [2.05, 4.69) is 4.98 Å². The second kappa shape index (κ2) is 8.46. The molecule has 8 heteroatoms. The van der Waals surface area contributed by atoms with E-state index in [4.69, 9.17) is 5.73 Å². The summed E-state index contributed by atoms with van der Waals surface area (Å²) in [7, 11) is 0. The number of hydrogen-bond acceptors (Lipinski definition) is 4. The maximum absolute atomic E-state index is 13.1. The van der Waals surface area contributed by atoms with Crippen LogP contribution < -0.4 is 21.9 Å². The van der Waals surface area contributed by atoms with E-state index in [9.17, 15) is 18.8 Å². The highest BCUT2D eigenvalue weighted by atomic mass is 19.1. The molecule has 1 amide bonds. The molecule has 3 N–H and O–H groups in total. The van der Waals surface area contributed by atoms with Crippen molar-refractivity contribution in [2.75, 3.05) is 17.2 Å². The Labute approximate surface area is 150 Å². The molecule has 0 saturated heterocycles. The topological polar surface area (TPSA) is 101 Å². The smallest absolute Gasteiger partial charge is 0.330 e. The molecule has 2 aromatic rings. The minimum absolute atomic E-state index is 0.0489. The van der Waals surface area contributed by atoms with Crippen LogP contribution in [0.1, 0.15) is 43.5 Å². The summed E-state index contributed by atoms with van der Waals surface area (Å²) >= 11 is 0. The van der Waals surface area contributed by atoms with Crippen molar-refractivity contribution in [2.45, 2.75) is 39.7 Å². The molecule has 0 radical (unpaired) electrons. The summed E-state index contributed by atoms with van der Waals surface area (Å²) in [5.41, 5.74) is 4.92. The molecule has 0 aliphatic rings.